The summed E-state index contributed by atoms with van der Waals surface area (Å²) in [4.78, 5) is 0. The maximum atomic E-state index is 6.13. The van der Waals surface area contributed by atoms with E-state index in [-0.39, 0.29) is 0 Å². The highest BCUT2D eigenvalue weighted by Crippen LogP contribution is 2.42. The minimum atomic E-state index is 0.372. The van der Waals surface area contributed by atoms with E-state index >= 15 is 0 Å². The van der Waals surface area contributed by atoms with Crippen LogP contribution in [0.25, 0.3) is 0 Å². The predicted molar refractivity (Wildman–Crippen MR) is 91.2 cm³/mol. The zero-order chi connectivity index (χ0) is 13.7. The lowest BCUT2D eigenvalue weighted by Gasteiger charge is -2.39. The molecule has 1 aromatic rings. The lowest BCUT2D eigenvalue weighted by atomic mass is 9.67. The number of hydrogen-bond donors (Lipinski definition) is 1. The Labute approximate surface area is 131 Å². The lowest BCUT2D eigenvalue weighted by molar-refractivity contribution is 0.151. The maximum Gasteiger partial charge on any atom is 0.0130 e. The third kappa shape index (κ3) is 4.19. The zero-order valence-electron chi connectivity index (χ0n) is 12.0. The van der Waals surface area contributed by atoms with Gasteiger partial charge < -0.3 is 5.73 Å². The standard InChI is InChI=1S/C17H26IN/c1-2-3-14-8-10-17(13-19,11-9-14)12-15-4-6-16(18)7-5-15/h4-7,14H,2-3,8-13,19H2,1H3. The smallest absolute Gasteiger partial charge is 0.0130 e. The molecule has 2 N–H and O–H groups in total. The van der Waals surface area contributed by atoms with Crippen molar-refractivity contribution in [2.45, 2.75) is 51.9 Å². The molecule has 0 saturated heterocycles. The molecular formula is C17H26IN. The van der Waals surface area contributed by atoms with Gasteiger partial charge in [0.1, 0.15) is 0 Å². The number of rotatable bonds is 5. The van der Waals surface area contributed by atoms with Crippen LogP contribution in [-0.2, 0) is 6.42 Å². The van der Waals surface area contributed by atoms with Gasteiger partial charge in [-0.15, -0.1) is 0 Å². The highest BCUT2D eigenvalue weighted by Gasteiger charge is 2.33. The summed E-state index contributed by atoms with van der Waals surface area (Å²) < 4.78 is 1.31. The molecule has 0 atom stereocenters. The molecule has 0 aliphatic heterocycles. The van der Waals surface area contributed by atoms with Gasteiger partial charge in [-0.25, -0.2) is 0 Å². The summed E-state index contributed by atoms with van der Waals surface area (Å²) in [6, 6.07) is 8.97. The van der Waals surface area contributed by atoms with Crippen LogP contribution in [0, 0.1) is 14.9 Å². The van der Waals surface area contributed by atoms with Gasteiger partial charge in [-0.2, -0.15) is 0 Å². The molecule has 0 unspecified atom stereocenters. The van der Waals surface area contributed by atoms with Crippen molar-refractivity contribution in [3.63, 3.8) is 0 Å². The maximum absolute atomic E-state index is 6.13. The first-order chi connectivity index (χ1) is 9.17. The first-order valence-electron chi connectivity index (χ1n) is 7.62. The number of halogens is 1. The molecule has 1 fully saturated rings. The first kappa shape index (κ1) is 15.3. The highest BCUT2D eigenvalue weighted by atomic mass is 127. The summed E-state index contributed by atoms with van der Waals surface area (Å²) in [6.07, 6.45) is 9.31. The fourth-order valence-corrected chi connectivity index (χ4v) is 3.83. The molecule has 1 aliphatic rings. The van der Waals surface area contributed by atoms with Gasteiger partial charge in [0.15, 0.2) is 0 Å². The fourth-order valence-electron chi connectivity index (χ4n) is 3.48. The van der Waals surface area contributed by atoms with Crippen LogP contribution in [0.15, 0.2) is 24.3 Å². The second-order valence-corrected chi connectivity index (χ2v) is 7.49. The summed E-state index contributed by atoms with van der Waals surface area (Å²) in [6.45, 7) is 3.15. The SMILES string of the molecule is CCCC1CCC(CN)(Cc2ccc(I)cc2)CC1. The lowest BCUT2D eigenvalue weighted by Crippen LogP contribution is -2.36. The monoisotopic (exact) mass is 371 g/mol. The van der Waals surface area contributed by atoms with Crippen LogP contribution in [0.4, 0.5) is 0 Å². The van der Waals surface area contributed by atoms with E-state index in [2.05, 4.69) is 53.8 Å². The molecule has 0 spiro atoms. The van der Waals surface area contributed by atoms with E-state index < -0.39 is 0 Å². The van der Waals surface area contributed by atoms with E-state index in [1.807, 2.05) is 0 Å². The van der Waals surface area contributed by atoms with E-state index in [0.717, 1.165) is 12.5 Å². The van der Waals surface area contributed by atoms with Crippen LogP contribution in [0.2, 0.25) is 0 Å². The molecular weight excluding hydrogens is 345 g/mol. The zero-order valence-corrected chi connectivity index (χ0v) is 14.2. The Morgan fingerprint density at radius 3 is 2.37 bits per heavy atom. The van der Waals surface area contributed by atoms with Gasteiger partial charge in [0, 0.05) is 3.57 Å². The number of benzene rings is 1. The summed E-state index contributed by atoms with van der Waals surface area (Å²) in [5, 5.41) is 0. The van der Waals surface area contributed by atoms with E-state index in [9.17, 15) is 0 Å². The third-order valence-electron chi connectivity index (χ3n) is 4.79. The van der Waals surface area contributed by atoms with Gasteiger partial charge in [0.05, 0.1) is 0 Å². The molecule has 0 heterocycles. The Hall–Kier alpha value is -0.0900. The molecule has 2 rings (SSSR count). The summed E-state index contributed by atoms with van der Waals surface area (Å²) in [5.74, 6) is 0.960. The first-order valence-corrected chi connectivity index (χ1v) is 8.70. The molecule has 1 saturated carbocycles. The van der Waals surface area contributed by atoms with Gasteiger partial charge in [0.2, 0.25) is 0 Å². The summed E-state index contributed by atoms with van der Waals surface area (Å²) in [5.41, 5.74) is 7.96. The molecule has 106 valence electrons. The van der Waals surface area contributed by atoms with E-state index in [4.69, 9.17) is 5.73 Å². The van der Waals surface area contributed by atoms with Crippen molar-refractivity contribution in [1.82, 2.24) is 0 Å². The van der Waals surface area contributed by atoms with Gasteiger partial charge in [-0.3, -0.25) is 0 Å². The van der Waals surface area contributed by atoms with Crippen molar-refractivity contribution in [2.24, 2.45) is 17.1 Å². The topological polar surface area (TPSA) is 26.0 Å². The molecule has 1 aliphatic carbocycles. The molecule has 0 radical (unpaired) electrons. The van der Waals surface area contributed by atoms with Crippen LogP contribution in [0.3, 0.4) is 0 Å². The van der Waals surface area contributed by atoms with Crippen molar-refractivity contribution in [1.29, 1.82) is 0 Å². The highest BCUT2D eigenvalue weighted by molar-refractivity contribution is 14.1. The molecule has 2 heteroatoms. The Morgan fingerprint density at radius 1 is 1.21 bits per heavy atom. The van der Waals surface area contributed by atoms with Crippen LogP contribution < -0.4 is 5.73 Å². The van der Waals surface area contributed by atoms with Gasteiger partial charge >= 0.3 is 0 Å². The minimum absolute atomic E-state index is 0.372. The van der Waals surface area contributed by atoms with Crippen molar-refractivity contribution in [3.05, 3.63) is 33.4 Å². The van der Waals surface area contributed by atoms with Crippen molar-refractivity contribution < 1.29 is 0 Å². The predicted octanol–water partition coefficient (Wildman–Crippen LogP) is 4.77. The van der Waals surface area contributed by atoms with Crippen molar-refractivity contribution >= 4 is 22.6 Å². The largest absolute Gasteiger partial charge is 0.330 e. The average molecular weight is 371 g/mol. The minimum Gasteiger partial charge on any atom is -0.330 e. The summed E-state index contributed by atoms with van der Waals surface area (Å²) in [7, 11) is 0. The van der Waals surface area contributed by atoms with Gasteiger partial charge in [-0.05, 0) is 90.3 Å². The van der Waals surface area contributed by atoms with Crippen LogP contribution >= 0.6 is 22.6 Å². The van der Waals surface area contributed by atoms with Gasteiger partial charge in [-0.1, -0.05) is 31.9 Å². The Kier molecular flexibility index (Phi) is 5.70. The molecule has 0 bridgehead atoms. The van der Waals surface area contributed by atoms with Crippen LogP contribution in [0.5, 0.6) is 0 Å². The number of hydrogen-bond acceptors (Lipinski definition) is 1. The van der Waals surface area contributed by atoms with Crippen molar-refractivity contribution in [3.8, 4) is 0 Å². The van der Waals surface area contributed by atoms with Crippen molar-refractivity contribution in [2.75, 3.05) is 6.54 Å². The average Bonchev–Trinajstić information content (AvgIpc) is 2.44. The van der Waals surface area contributed by atoms with E-state index in [1.54, 1.807) is 0 Å². The number of nitrogens with two attached hydrogens (primary N) is 1. The molecule has 0 aromatic heterocycles. The Morgan fingerprint density at radius 2 is 1.84 bits per heavy atom. The van der Waals surface area contributed by atoms with Crippen LogP contribution in [0.1, 0.15) is 51.0 Å². The summed E-state index contributed by atoms with van der Waals surface area (Å²) >= 11 is 2.37. The molecule has 1 aromatic carbocycles. The van der Waals surface area contributed by atoms with E-state index in [1.165, 1.54) is 54.1 Å². The normalized spacial score (nSPS) is 27.4. The molecule has 1 nitrogen and oxygen atoms in total. The Balaban J connectivity index is 1.98. The molecule has 19 heavy (non-hydrogen) atoms. The van der Waals surface area contributed by atoms with E-state index in [0.29, 0.717) is 5.41 Å². The molecule has 0 amide bonds. The fraction of sp³-hybridized carbons (Fsp3) is 0.647. The second-order valence-electron chi connectivity index (χ2n) is 6.24. The third-order valence-corrected chi connectivity index (χ3v) is 5.51. The Bertz CT molecular complexity index is 377. The van der Waals surface area contributed by atoms with Gasteiger partial charge in [0.25, 0.3) is 0 Å². The van der Waals surface area contributed by atoms with Crippen LogP contribution in [-0.4, -0.2) is 6.54 Å². The second kappa shape index (κ2) is 7.07. The quantitative estimate of drug-likeness (QED) is 0.742.